The van der Waals surface area contributed by atoms with Crippen molar-refractivity contribution in [3.63, 3.8) is 0 Å². The lowest BCUT2D eigenvalue weighted by Crippen LogP contribution is -2.43. The summed E-state index contributed by atoms with van der Waals surface area (Å²) in [6.07, 6.45) is 2.02. The topological polar surface area (TPSA) is 210 Å². The highest BCUT2D eigenvalue weighted by Crippen LogP contribution is 2.27. The zero-order valence-corrected chi connectivity index (χ0v) is 53.2. The highest BCUT2D eigenvalue weighted by atomic mass is 35.5. The van der Waals surface area contributed by atoms with Crippen LogP contribution in [0.25, 0.3) is 0 Å². The average Bonchev–Trinajstić information content (AvgIpc) is 3.64. The van der Waals surface area contributed by atoms with Crippen molar-refractivity contribution in [3.8, 4) is 23.0 Å². The molecule has 6 aromatic rings. The van der Waals surface area contributed by atoms with E-state index in [1.54, 1.807) is 178 Å². The van der Waals surface area contributed by atoms with E-state index in [1.165, 1.54) is 19.4 Å². The number of rotatable bonds is 22. The van der Waals surface area contributed by atoms with Crippen molar-refractivity contribution in [1.29, 1.82) is 0 Å². The Hall–Kier alpha value is -7.59. The Kier molecular flexibility index (Phi) is 27.5. The molecule has 0 bridgehead atoms. The van der Waals surface area contributed by atoms with Gasteiger partial charge in [-0.25, -0.2) is 14.4 Å². The van der Waals surface area contributed by atoms with Gasteiger partial charge in [0.1, 0.15) is 28.6 Å². The first-order chi connectivity index (χ1) is 39.5. The van der Waals surface area contributed by atoms with Crippen LogP contribution in [0.15, 0.2) is 140 Å². The number of nitrogens with one attached hydrogen (secondary N) is 1. The Morgan fingerprint density at radius 3 is 1.40 bits per heavy atom. The van der Waals surface area contributed by atoms with Gasteiger partial charge < -0.3 is 44.0 Å². The Labute approximate surface area is 515 Å². The molecule has 458 valence electrons. The first-order valence-electron chi connectivity index (χ1n) is 27.5. The number of esters is 2. The minimum Gasteiger partial charge on any atom is -0.493 e. The highest BCUT2D eigenvalue weighted by Gasteiger charge is 2.35. The van der Waals surface area contributed by atoms with Crippen LogP contribution in [0, 0.1) is 19.3 Å². The molecule has 18 heteroatoms. The van der Waals surface area contributed by atoms with Gasteiger partial charge in [0.2, 0.25) is 0 Å². The molecule has 0 aromatic heterocycles. The lowest BCUT2D eigenvalue weighted by atomic mass is 9.88. The van der Waals surface area contributed by atoms with Crippen molar-refractivity contribution in [1.82, 2.24) is 5.32 Å². The molecule has 0 saturated carbocycles. The predicted molar refractivity (Wildman–Crippen MR) is 333 cm³/mol. The normalized spacial score (nSPS) is 11.3. The SMILES string of the molecule is CC(C)(C)OC(=O)C(C)(C)Oc1ccc(C(=O)c2ccc(Cl)cc2)cc1.CC(C)(Oc1ccc(CCNC(=O)c2ccc(Cl)cc2)cc1)C(=O)O.CCOC(=O)C(C)(C)Oc1ccc(Cl)cc1.Cc1ccc(C)c(OCCCC(C)(C)C(=O)O)c1. The largest absolute Gasteiger partial charge is 0.493 e. The Bertz CT molecular complexity index is 3130. The molecule has 0 saturated heterocycles. The van der Waals surface area contributed by atoms with Crippen LogP contribution in [0.4, 0.5) is 0 Å². The lowest BCUT2D eigenvalue weighted by molar-refractivity contribution is -0.171. The number of carbonyl (C=O) groups is 6. The summed E-state index contributed by atoms with van der Waals surface area (Å²) in [5.41, 5.74) is 0.234. The second kappa shape index (κ2) is 32.6. The molecule has 0 spiro atoms. The fourth-order valence-electron chi connectivity index (χ4n) is 7.08. The maximum atomic E-state index is 12.5. The number of amides is 1. The number of hydrogen-bond donors (Lipinski definition) is 3. The number of carboxylic acid groups (broad SMARTS) is 2. The third-order valence-electron chi connectivity index (χ3n) is 12.2. The minimum absolute atomic E-state index is 0.111. The fourth-order valence-corrected chi connectivity index (χ4v) is 7.45. The van der Waals surface area contributed by atoms with E-state index in [0.29, 0.717) is 81.6 Å². The van der Waals surface area contributed by atoms with Crippen LogP contribution in [0.1, 0.15) is 139 Å². The van der Waals surface area contributed by atoms with E-state index in [0.717, 1.165) is 23.3 Å². The summed E-state index contributed by atoms with van der Waals surface area (Å²) < 4.78 is 32.7. The van der Waals surface area contributed by atoms with Gasteiger partial charge in [0, 0.05) is 38.3 Å². The maximum absolute atomic E-state index is 12.5. The molecular weight excluding hydrogens is 1150 g/mol. The van der Waals surface area contributed by atoms with Crippen LogP contribution in [0.2, 0.25) is 15.1 Å². The number of halogens is 3. The summed E-state index contributed by atoms with van der Waals surface area (Å²) in [6.45, 7) is 25.7. The second-order valence-corrected chi connectivity index (χ2v) is 24.1. The number of aliphatic carboxylic acids is 2. The molecule has 0 fully saturated rings. The molecule has 85 heavy (non-hydrogen) atoms. The number of ether oxygens (including phenoxy) is 6. The molecule has 0 unspecified atom stereocenters. The Morgan fingerprint density at radius 1 is 0.518 bits per heavy atom. The number of aryl methyl sites for hydroxylation is 2. The van der Waals surface area contributed by atoms with Crippen molar-refractivity contribution >= 4 is 70.4 Å². The van der Waals surface area contributed by atoms with Crippen molar-refractivity contribution in [3.05, 3.63) is 188 Å². The molecule has 6 rings (SSSR count). The first kappa shape index (κ1) is 71.7. The van der Waals surface area contributed by atoms with E-state index in [-0.39, 0.29) is 17.7 Å². The Balaban J connectivity index is 0.000000303. The van der Waals surface area contributed by atoms with Crippen LogP contribution in [0.3, 0.4) is 0 Å². The number of ketones is 1. The van der Waals surface area contributed by atoms with Crippen molar-refractivity contribution in [2.45, 2.75) is 139 Å². The fraction of sp³-hybridized carbons (Fsp3) is 0.373. The van der Waals surface area contributed by atoms with Crippen molar-refractivity contribution in [2.24, 2.45) is 5.41 Å². The van der Waals surface area contributed by atoms with E-state index in [1.807, 2.05) is 38.1 Å². The standard InChI is InChI=1S/C21H23ClO4.C19H20ClNO4.C15H22O3.C12H15ClO3/c1-20(2,3)26-19(24)21(4,5)25-17-12-8-15(9-13-17)18(23)14-6-10-16(22)11-7-14;1-19(2,18(23)24)25-16-9-3-13(4-10-16)11-12-21-17(22)14-5-7-15(20)8-6-14;1-11-6-7-12(2)13(10-11)18-9-5-8-15(3,4)14(16)17;1-4-15-11(14)12(2,3)16-10-7-5-9(13)6-8-10/h6-13H,1-5H3;3-10H,11-12H2,1-2H3,(H,21,22)(H,23,24);6-7,10H,5,8-9H2,1-4H3,(H,16,17);5-8H,4H2,1-3H3. The molecule has 0 heterocycles. The van der Waals surface area contributed by atoms with Gasteiger partial charge in [-0.05, 0) is 248 Å². The molecule has 0 aliphatic heterocycles. The predicted octanol–water partition coefficient (Wildman–Crippen LogP) is 15.3. The van der Waals surface area contributed by atoms with E-state index in [4.69, 9.17) is 73.4 Å². The van der Waals surface area contributed by atoms with Gasteiger partial charge >= 0.3 is 23.9 Å². The number of hydrogen-bond acceptors (Lipinski definition) is 12. The number of benzene rings is 6. The zero-order chi connectivity index (χ0) is 63.9. The minimum atomic E-state index is -1.28. The molecule has 0 aliphatic carbocycles. The Morgan fingerprint density at radius 2 is 0.941 bits per heavy atom. The average molecular weight is 1230 g/mol. The molecule has 6 aromatic carbocycles. The quantitative estimate of drug-likeness (QED) is 0.0328. The summed E-state index contributed by atoms with van der Waals surface area (Å²) in [4.78, 5) is 70.3. The smallest absolute Gasteiger partial charge is 0.350 e. The summed E-state index contributed by atoms with van der Waals surface area (Å²) in [7, 11) is 0. The van der Waals surface area contributed by atoms with Gasteiger partial charge in [0.15, 0.2) is 22.6 Å². The van der Waals surface area contributed by atoms with Gasteiger partial charge in [-0.3, -0.25) is 14.4 Å². The monoisotopic (exact) mass is 1230 g/mol. The third kappa shape index (κ3) is 25.7. The molecule has 0 radical (unpaired) electrons. The maximum Gasteiger partial charge on any atom is 0.350 e. The van der Waals surface area contributed by atoms with Gasteiger partial charge in [-0.15, -0.1) is 0 Å². The lowest BCUT2D eigenvalue weighted by Gasteiger charge is -2.29. The molecule has 0 aliphatic rings. The number of carboxylic acids is 2. The van der Waals surface area contributed by atoms with Gasteiger partial charge in [0.05, 0.1) is 18.6 Å². The van der Waals surface area contributed by atoms with E-state index in [2.05, 4.69) is 11.4 Å². The summed E-state index contributed by atoms with van der Waals surface area (Å²) in [6, 6.07) is 40.1. The summed E-state index contributed by atoms with van der Waals surface area (Å²) >= 11 is 17.4. The third-order valence-corrected chi connectivity index (χ3v) is 12.9. The van der Waals surface area contributed by atoms with E-state index < -0.39 is 45.7 Å². The van der Waals surface area contributed by atoms with Crippen LogP contribution in [0.5, 0.6) is 23.0 Å². The summed E-state index contributed by atoms with van der Waals surface area (Å²) in [5.74, 6) is -0.438. The van der Waals surface area contributed by atoms with Crippen LogP contribution in [-0.2, 0) is 35.1 Å². The van der Waals surface area contributed by atoms with Crippen molar-refractivity contribution < 1.29 is 67.4 Å². The van der Waals surface area contributed by atoms with E-state index >= 15 is 0 Å². The van der Waals surface area contributed by atoms with Gasteiger partial charge in [0.25, 0.3) is 5.91 Å². The van der Waals surface area contributed by atoms with Crippen LogP contribution in [-0.4, -0.2) is 87.9 Å². The molecular formula is C67H80Cl3NO14. The first-order valence-corrected chi connectivity index (χ1v) is 28.6. The molecule has 1 amide bonds. The summed E-state index contributed by atoms with van der Waals surface area (Å²) in [5, 5.41) is 22.7. The second-order valence-electron chi connectivity index (χ2n) is 22.7. The van der Waals surface area contributed by atoms with Crippen LogP contribution < -0.4 is 24.3 Å². The highest BCUT2D eigenvalue weighted by molar-refractivity contribution is 6.31. The number of carbonyl (C=O) groups excluding carboxylic acids is 4. The van der Waals surface area contributed by atoms with E-state index in [9.17, 15) is 28.8 Å². The van der Waals surface area contributed by atoms with Gasteiger partial charge in [-0.1, -0.05) is 59.1 Å². The zero-order valence-electron chi connectivity index (χ0n) is 50.9. The van der Waals surface area contributed by atoms with Gasteiger partial charge in [-0.2, -0.15) is 0 Å². The molecule has 3 N–H and O–H groups in total. The van der Waals surface area contributed by atoms with Crippen LogP contribution >= 0.6 is 34.8 Å². The van der Waals surface area contributed by atoms with Crippen molar-refractivity contribution in [2.75, 3.05) is 19.8 Å². The molecule has 0 atom stereocenters. The molecule has 15 nitrogen and oxygen atoms in total.